The van der Waals surface area contributed by atoms with E-state index in [1.54, 1.807) is 63.6 Å². The minimum Gasteiger partial charge on any atom is -0.475 e. The molecule has 3 aromatic carbocycles. The van der Waals surface area contributed by atoms with Gasteiger partial charge in [0, 0.05) is 35.7 Å². The van der Waals surface area contributed by atoms with Gasteiger partial charge in [0.05, 0.1) is 5.92 Å². The maximum Gasteiger partial charge on any atom is 3.00 e. The number of rotatable bonds is 7. The van der Waals surface area contributed by atoms with Crippen molar-refractivity contribution in [2.24, 2.45) is 5.92 Å². The fraction of sp³-hybridized carbons (Fsp3) is 0.0976. The van der Waals surface area contributed by atoms with Crippen molar-refractivity contribution in [1.29, 1.82) is 0 Å². The second-order valence-electron chi connectivity index (χ2n) is 10.5. The Morgan fingerprint density at radius 1 is 0.612 bits per heavy atom. The number of carbonyl (C=O) groups excluding carboxylic acids is 2. The number of ether oxygens (including phenoxy) is 2. The van der Waals surface area contributed by atoms with Crippen LogP contribution in [0.4, 0.5) is 0 Å². The summed E-state index contributed by atoms with van der Waals surface area (Å²) in [6.45, 7) is 8.73. The van der Waals surface area contributed by atoms with Crippen LogP contribution in [0.3, 0.4) is 0 Å². The Kier molecular flexibility index (Phi) is 15.4. The first-order valence-electron chi connectivity index (χ1n) is 15.1. The number of carbonyl (C=O) groups is 2. The maximum absolute atomic E-state index is 11.4. The summed E-state index contributed by atoms with van der Waals surface area (Å²) < 4.78 is 10.3. The average Bonchev–Trinajstić information content (AvgIpc) is 3.14. The third-order valence-corrected chi connectivity index (χ3v) is 6.35. The van der Waals surface area contributed by atoms with Crippen LogP contribution in [0.1, 0.15) is 20.8 Å². The number of benzene rings is 3. The van der Waals surface area contributed by atoms with Crippen molar-refractivity contribution in [3.63, 3.8) is 0 Å². The molecule has 6 aromatic rings. The first kappa shape index (κ1) is 37.9. The molecule has 0 radical (unpaired) electrons. The molecule has 0 fully saturated rings. The van der Waals surface area contributed by atoms with Crippen LogP contribution in [0.15, 0.2) is 146 Å². The second kappa shape index (κ2) is 20.0. The van der Waals surface area contributed by atoms with E-state index in [9.17, 15) is 9.59 Å². The Hall–Kier alpha value is -5.56. The Morgan fingerprint density at radius 3 is 1.41 bits per heavy atom. The number of hydrogen-bond donors (Lipinski definition) is 0. The van der Waals surface area contributed by atoms with E-state index in [0.29, 0.717) is 17.1 Å². The van der Waals surface area contributed by atoms with E-state index in [0.717, 1.165) is 33.8 Å². The Labute approximate surface area is 301 Å². The summed E-state index contributed by atoms with van der Waals surface area (Å²) >= 11 is 0. The molecule has 0 atom stereocenters. The molecule has 0 saturated heterocycles. The van der Waals surface area contributed by atoms with E-state index in [1.807, 2.05) is 91.0 Å². The van der Waals surface area contributed by atoms with Gasteiger partial charge in [0.2, 0.25) is 0 Å². The fourth-order valence-electron chi connectivity index (χ4n) is 3.81. The Balaban J connectivity index is 0.000000201. The Bertz CT molecular complexity index is 1830. The number of hydrogen-bond acceptors (Lipinski definition) is 7. The zero-order valence-electron chi connectivity index (χ0n) is 27.3. The number of esters is 2. The number of pyridine rings is 3. The molecular formula is C41H34IrN3O4. The van der Waals surface area contributed by atoms with E-state index >= 15 is 0 Å². The van der Waals surface area contributed by atoms with Crippen LogP contribution in [0, 0.1) is 24.1 Å². The molecule has 0 bridgehead atoms. The molecule has 8 heteroatoms. The largest absolute Gasteiger partial charge is 3.00 e. The monoisotopic (exact) mass is 825 g/mol. The quantitative estimate of drug-likeness (QED) is 0.0689. The van der Waals surface area contributed by atoms with Crippen molar-refractivity contribution >= 4 is 11.9 Å². The van der Waals surface area contributed by atoms with Crippen molar-refractivity contribution < 1.29 is 39.2 Å². The van der Waals surface area contributed by atoms with Crippen LogP contribution in [0.2, 0.25) is 0 Å². The molecule has 0 N–H and O–H groups in total. The average molecular weight is 825 g/mol. The molecule has 7 nitrogen and oxygen atoms in total. The molecule has 0 spiro atoms. The topological polar surface area (TPSA) is 91.3 Å². The van der Waals surface area contributed by atoms with Gasteiger partial charge in [-0.1, -0.05) is 56.8 Å². The van der Waals surface area contributed by atoms with E-state index in [1.165, 1.54) is 0 Å². The molecule has 0 amide bonds. The van der Waals surface area contributed by atoms with Crippen molar-refractivity contribution in [3.05, 3.63) is 164 Å². The van der Waals surface area contributed by atoms with Gasteiger partial charge in [-0.3, -0.25) is 4.79 Å². The molecule has 49 heavy (non-hydrogen) atoms. The van der Waals surface area contributed by atoms with E-state index in [2.05, 4.69) is 39.7 Å². The molecule has 3 aromatic heterocycles. The van der Waals surface area contributed by atoms with Gasteiger partial charge in [0.15, 0.2) is 0 Å². The molecular weight excluding hydrogens is 791 g/mol. The van der Waals surface area contributed by atoms with Crippen LogP contribution in [0.5, 0.6) is 11.5 Å². The fourth-order valence-corrected chi connectivity index (χ4v) is 3.81. The first-order valence-corrected chi connectivity index (χ1v) is 15.1. The minimum absolute atomic E-state index is 0. The van der Waals surface area contributed by atoms with E-state index < -0.39 is 5.97 Å². The van der Waals surface area contributed by atoms with Crippen molar-refractivity contribution in [2.45, 2.75) is 20.8 Å². The second-order valence-corrected chi connectivity index (χ2v) is 10.5. The first-order chi connectivity index (χ1) is 23.3. The third-order valence-electron chi connectivity index (χ3n) is 6.35. The SMILES string of the molecule is C=C(C)C(=O)Oc1c[c-]c(-c2ccccn2)cc1.CC(C)C(=O)Oc1c[c-]c(-c2ccccn2)cc1.[Ir+3].[c-]1ccccc1-c1ccccn1. The minimum atomic E-state index is -0.436. The molecule has 0 aliphatic rings. The summed E-state index contributed by atoms with van der Waals surface area (Å²) in [4.78, 5) is 35.4. The predicted octanol–water partition coefficient (Wildman–Crippen LogP) is 8.69. The third kappa shape index (κ3) is 12.5. The van der Waals surface area contributed by atoms with Crippen LogP contribution in [0.25, 0.3) is 33.8 Å². The summed E-state index contributed by atoms with van der Waals surface area (Å²) in [5, 5.41) is 0. The molecule has 3 heterocycles. The van der Waals surface area contributed by atoms with Gasteiger partial charge in [0.25, 0.3) is 0 Å². The van der Waals surface area contributed by atoms with E-state index in [4.69, 9.17) is 9.47 Å². The van der Waals surface area contributed by atoms with Gasteiger partial charge in [-0.05, 0) is 42.2 Å². The number of nitrogens with zero attached hydrogens (tertiary/aromatic N) is 3. The molecule has 0 saturated carbocycles. The summed E-state index contributed by atoms with van der Waals surface area (Å²) in [5.74, 6) is 0.138. The standard InChI is InChI=1S/C15H14NO2.C15H12NO2.C11H8N.Ir/c2*1-11(2)15(17)18-13-8-6-12(7-9-13)14-5-3-4-10-16-14;1-2-6-10(7-3-1)11-8-4-5-9-12-11;/h3-6,8-11H,1-2H3;3-6,8-10H,1H2,2H3;1-6,8-9H;/q3*-1;+3. The summed E-state index contributed by atoms with van der Waals surface area (Å²) in [5.41, 5.74) is 5.78. The predicted molar refractivity (Wildman–Crippen MR) is 186 cm³/mol. The van der Waals surface area contributed by atoms with Gasteiger partial charge in [-0.15, -0.1) is 95.6 Å². The zero-order valence-corrected chi connectivity index (χ0v) is 29.7. The summed E-state index contributed by atoms with van der Waals surface area (Å²) in [6, 6.07) is 44.6. The Morgan fingerprint density at radius 2 is 1.06 bits per heavy atom. The smallest absolute Gasteiger partial charge is 0.475 e. The van der Waals surface area contributed by atoms with Crippen LogP contribution in [-0.4, -0.2) is 26.9 Å². The van der Waals surface area contributed by atoms with Crippen molar-refractivity contribution in [2.75, 3.05) is 0 Å². The van der Waals surface area contributed by atoms with Gasteiger partial charge in [0.1, 0.15) is 0 Å². The van der Waals surface area contributed by atoms with Crippen molar-refractivity contribution in [3.8, 4) is 45.3 Å². The maximum atomic E-state index is 11.4. The molecule has 0 unspecified atom stereocenters. The van der Waals surface area contributed by atoms with Crippen LogP contribution in [-0.2, 0) is 29.7 Å². The summed E-state index contributed by atoms with van der Waals surface area (Å²) in [6.07, 6.45) is 5.24. The van der Waals surface area contributed by atoms with E-state index in [-0.39, 0.29) is 32.0 Å². The van der Waals surface area contributed by atoms with Crippen molar-refractivity contribution in [1.82, 2.24) is 15.0 Å². The van der Waals surface area contributed by atoms with Gasteiger partial charge >= 0.3 is 32.0 Å². The van der Waals surface area contributed by atoms with Crippen LogP contribution >= 0.6 is 0 Å². The zero-order chi connectivity index (χ0) is 34.1. The van der Waals surface area contributed by atoms with Gasteiger partial charge in [-0.2, -0.15) is 0 Å². The molecule has 0 aliphatic carbocycles. The number of aromatic nitrogens is 3. The van der Waals surface area contributed by atoms with Crippen LogP contribution < -0.4 is 9.47 Å². The van der Waals surface area contributed by atoms with Gasteiger partial charge in [-0.25, -0.2) is 4.79 Å². The molecule has 0 aliphatic heterocycles. The molecule has 246 valence electrons. The summed E-state index contributed by atoms with van der Waals surface area (Å²) in [7, 11) is 0. The van der Waals surface area contributed by atoms with Gasteiger partial charge < -0.3 is 24.4 Å². The molecule has 6 rings (SSSR count). The normalized spacial score (nSPS) is 9.80.